The highest BCUT2D eigenvalue weighted by Gasteiger charge is 2.13. The van der Waals surface area contributed by atoms with E-state index in [-0.39, 0.29) is 5.56 Å². The quantitative estimate of drug-likeness (QED) is 0.497. The minimum atomic E-state index is -0.928. The molecule has 0 atom stereocenters. The molecule has 0 spiro atoms. The molecule has 4 rings (SSSR count). The van der Waals surface area contributed by atoms with Crippen molar-refractivity contribution in [2.75, 3.05) is 36.4 Å². The smallest absolute Gasteiger partial charge is 0.337 e. The maximum absolute atomic E-state index is 11.4. The number of aromatic carboxylic acids is 1. The highest BCUT2D eigenvalue weighted by molar-refractivity contribution is 5.95. The Morgan fingerprint density at radius 2 is 1.71 bits per heavy atom. The molecule has 5 nitrogen and oxygen atoms in total. The van der Waals surface area contributed by atoms with E-state index < -0.39 is 5.97 Å². The first-order valence-electron chi connectivity index (χ1n) is 10.9. The predicted octanol–water partition coefficient (Wildman–Crippen LogP) is 4.71. The first-order valence-corrected chi connectivity index (χ1v) is 10.9. The number of carboxylic acid groups (broad SMARTS) is 1. The first-order chi connectivity index (χ1) is 15.2. The van der Waals surface area contributed by atoms with Crippen LogP contribution in [0.25, 0.3) is 0 Å². The lowest BCUT2D eigenvalue weighted by Gasteiger charge is -2.31. The van der Waals surface area contributed by atoms with Gasteiger partial charge in [-0.05, 0) is 60.7 Å². The number of nitrogens with zero attached hydrogens (tertiary/aromatic N) is 1. The summed E-state index contributed by atoms with van der Waals surface area (Å²) in [5, 5.41) is 16.1. The van der Waals surface area contributed by atoms with E-state index in [9.17, 15) is 9.90 Å². The van der Waals surface area contributed by atoms with Gasteiger partial charge in [-0.1, -0.05) is 42.5 Å². The second kappa shape index (κ2) is 10.1. The van der Waals surface area contributed by atoms with E-state index in [4.69, 9.17) is 0 Å². The standard InChI is InChI=1S/C26H29N3O2/c30-26(31)23-12-2-3-13-24(23)28-22-11-6-8-20(19-22)7-5-10-21-9-1-4-14-25(21)29-17-15-27-16-18-29/h1-4,6,8-9,11-14,19,27-28H,5,7,10,15-18H2,(H,30,31). The number of hydrogen-bond acceptors (Lipinski definition) is 4. The third-order valence-corrected chi connectivity index (χ3v) is 5.72. The van der Waals surface area contributed by atoms with Gasteiger partial charge in [0.15, 0.2) is 0 Å². The van der Waals surface area contributed by atoms with Crippen LogP contribution in [0.5, 0.6) is 0 Å². The van der Waals surface area contributed by atoms with Crippen LogP contribution in [0.1, 0.15) is 27.9 Å². The molecule has 0 bridgehead atoms. The molecule has 1 heterocycles. The predicted molar refractivity (Wildman–Crippen MR) is 127 cm³/mol. The van der Waals surface area contributed by atoms with Gasteiger partial charge in [0, 0.05) is 37.6 Å². The summed E-state index contributed by atoms with van der Waals surface area (Å²) in [4.78, 5) is 13.9. The Morgan fingerprint density at radius 1 is 0.935 bits per heavy atom. The van der Waals surface area contributed by atoms with Crippen LogP contribution in [-0.2, 0) is 12.8 Å². The lowest BCUT2D eigenvalue weighted by molar-refractivity contribution is 0.0698. The fourth-order valence-electron chi connectivity index (χ4n) is 4.16. The number of rotatable bonds is 8. The normalized spacial score (nSPS) is 13.7. The fourth-order valence-corrected chi connectivity index (χ4v) is 4.16. The van der Waals surface area contributed by atoms with Gasteiger partial charge in [0.1, 0.15) is 0 Å². The summed E-state index contributed by atoms with van der Waals surface area (Å²) in [6.45, 7) is 4.20. The second-order valence-electron chi connectivity index (χ2n) is 7.90. The van der Waals surface area contributed by atoms with E-state index in [0.29, 0.717) is 5.69 Å². The summed E-state index contributed by atoms with van der Waals surface area (Å²) >= 11 is 0. The molecule has 3 aromatic carbocycles. The number of para-hydroxylation sites is 2. The van der Waals surface area contributed by atoms with Crippen LogP contribution in [0.3, 0.4) is 0 Å². The van der Waals surface area contributed by atoms with E-state index in [1.807, 2.05) is 18.2 Å². The second-order valence-corrected chi connectivity index (χ2v) is 7.90. The molecule has 3 N–H and O–H groups in total. The zero-order chi connectivity index (χ0) is 21.5. The lowest BCUT2D eigenvalue weighted by atomic mass is 10.0. The molecule has 0 saturated carbocycles. The summed E-state index contributed by atoms with van der Waals surface area (Å²) < 4.78 is 0. The van der Waals surface area contributed by atoms with Crippen LogP contribution in [0.2, 0.25) is 0 Å². The van der Waals surface area contributed by atoms with Crippen LogP contribution < -0.4 is 15.5 Å². The molecule has 0 radical (unpaired) electrons. The summed E-state index contributed by atoms with van der Waals surface area (Å²) in [6, 6.07) is 24.0. The first kappa shape index (κ1) is 20.9. The number of benzene rings is 3. The molecule has 0 amide bonds. The topological polar surface area (TPSA) is 64.6 Å². The Hall–Kier alpha value is -3.31. The molecule has 1 aliphatic rings. The van der Waals surface area contributed by atoms with Crippen molar-refractivity contribution in [2.45, 2.75) is 19.3 Å². The van der Waals surface area contributed by atoms with Crippen molar-refractivity contribution in [3.8, 4) is 0 Å². The van der Waals surface area contributed by atoms with Gasteiger partial charge >= 0.3 is 5.97 Å². The van der Waals surface area contributed by atoms with Crippen LogP contribution in [0.4, 0.5) is 17.1 Å². The van der Waals surface area contributed by atoms with Crippen LogP contribution >= 0.6 is 0 Å². The molecular weight excluding hydrogens is 386 g/mol. The number of carbonyl (C=O) groups is 1. The van der Waals surface area contributed by atoms with Crippen molar-refractivity contribution >= 4 is 23.0 Å². The Kier molecular flexibility index (Phi) is 6.85. The minimum absolute atomic E-state index is 0.275. The molecule has 160 valence electrons. The van der Waals surface area contributed by atoms with Crippen molar-refractivity contribution in [2.24, 2.45) is 0 Å². The van der Waals surface area contributed by atoms with Gasteiger partial charge in [0.05, 0.1) is 11.3 Å². The van der Waals surface area contributed by atoms with Gasteiger partial charge in [-0.3, -0.25) is 0 Å². The van der Waals surface area contributed by atoms with E-state index in [2.05, 4.69) is 51.9 Å². The van der Waals surface area contributed by atoms with Crippen LogP contribution in [-0.4, -0.2) is 37.3 Å². The van der Waals surface area contributed by atoms with Crippen molar-refractivity contribution < 1.29 is 9.90 Å². The Morgan fingerprint density at radius 3 is 2.55 bits per heavy atom. The zero-order valence-corrected chi connectivity index (χ0v) is 17.7. The monoisotopic (exact) mass is 415 g/mol. The average molecular weight is 416 g/mol. The molecule has 1 aliphatic heterocycles. The van der Waals surface area contributed by atoms with Gasteiger partial charge in [0.2, 0.25) is 0 Å². The Bertz CT molecular complexity index is 1030. The third-order valence-electron chi connectivity index (χ3n) is 5.72. The average Bonchev–Trinajstić information content (AvgIpc) is 2.80. The minimum Gasteiger partial charge on any atom is -0.478 e. The van der Waals surface area contributed by atoms with E-state index in [0.717, 1.165) is 51.1 Å². The number of nitrogens with one attached hydrogen (secondary N) is 2. The molecule has 0 aliphatic carbocycles. The molecule has 5 heteroatoms. The molecule has 31 heavy (non-hydrogen) atoms. The van der Waals surface area contributed by atoms with E-state index in [1.54, 1.807) is 18.2 Å². The number of anilines is 3. The molecule has 0 unspecified atom stereocenters. The van der Waals surface area contributed by atoms with Crippen LogP contribution in [0, 0.1) is 0 Å². The molecule has 3 aromatic rings. The number of carboxylic acids is 1. The largest absolute Gasteiger partial charge is 0.478 e. The van der Waals surface area contributed by atoms with Gasteiger partial charge in [-0.25, -0.2) is 4.79 Å². The zero-order valence-electron chi connectivity index (χ0n) is 17.7. The van der Waals surface area contributed by atoms with Gasteiger partial charge in [-0.15, -0.1) is 0 Å². The highest BCUT2D eigenvalue weighted by Crippen LogP contribution is 2.24. The summed E-state index contributed by atoms with van der Waals surface area (Å²) in [5.41, 5.74) is 5.82. The Labute approximate surface area is 183 Å². The van der Waals surface area contributed by atoms with Crippen molar-refractivity contribution in [3.63, 3.8) is 0 Å². The summed E-state index contributed by atoms with van der Waals surface area (Å²) in [5.74, 6) is -0.928. The maximum Gasteiger partial charge on any atom is 0.337 e. The molecular formula is C26H29N3O2. The van der Waals surface area contributed by atoms with Crippen molar-refractivity contribution in [3.05, 3.63) is 89.5 Å². The number of piperazine rings is 1. The van der Waals surface area contributed by atoms with Gasteiger partial charge < -0.3 is 20.6 Å². The van der Waals surface area contributed by atoms with Crippen LogP contribution in [0.15, 0.2) is 72.8 Å². The maximum atomic E-state index is 11.4. The van der Waals surface area contributed by atoms with E-state index in [1.165, 1.54) is 16.8 Å². The van der Waals surface area contributed by atoms with E-state index >= 15 is 0 Å². The lowest BCUT2D eigenvalue weighted by Crippen LogP contribution is -2.43. The van der Waals surface area contributed by atoms with Crippen molar-refractivity contribution in [1.29, 1.82) is 0 Å². The SMILES string of the molecule is O=C(O)c1ccccc1Nc1cccc(CCCc2ccccc2N2CCNCC2)c1. The molecule has 0 aromatic heterocycles. The van der Waals surface area contributed by atoms with Gasteiger partial charge in [0.25, 0.3) is 0 Å². The highest BCUT2D eigenvalue weighted by atomic mass is 16.4. The number of hydrogen-bond donors (Lipinski definition) is 3. The van der Waals surface area contributed by atoms with Gasteiger partial charge in [-0.2, -0.15) is 0 Å². The Balaban J connectivity index is 1.39. The number of aryl methyl sites for hydroxylation is 2. The third kappa shape index (κ3) is 5.44. The summed E-state index contributed by atoms with van der Waals surface area (Å²) in [6.07, 6.45) is 3.09. The van der Waals surface area contributed by atoms with Crippen molar-refractivity contribution in [1.82, 2.24) is 5.32 Å². The fraction of sp³-hybridized carbons (Fsp3) is 0.269. The summed E-state index contributed by atoms with van der Waals surface area (Å²) in [7, 11) is 0. The molecule has 1 fully saturated rings. The molecule has 1 saturated heterocycles.